The first-order chi connectivity index (χ1) is 15.0. The highest BCUT2D eigenvalue weighted by Gasteiger charge is 2.12. The van der Waals surface area contributed by atoms with Crippen LogP contribution in [0.1, 0.15) is 21.5 Å². The molecule has 7 nitrogen and oxygen atoms in total. The standard InChI is InChI=1S/C23H21N5O2S/c1-15-9-10-24-21(11-15)27-20-8-4-7-18(26-20)19-13-25-23(31-19)28(2)14-16-5-3-6-17(12-16)22(29)30/h3-13H,14H2,1-2H3,(H,29,30)(H,24,26,27). The van der Waals surface area contributed by atoms with Gasteiger partial charge in [0.1, 0.15) is 11.6 Å². The lowest BCUT2D eigenvalue weighted by Gasteiger charge is -2.15. The largest absolute Gasteiger partial charge is 0.478 e. The lowest BCUT2D eigenvalue weighted by atomic mass is 10.1. The molecule has 2 N–H and O–H groups in total. The Morgan fingerprint density at radius 3 is 2.74 bits per heavy atom. The van der Waals surface area contributed by atoms with Crippen LogP contribution in [0, 0.1) is 6.92 Å². The monoisotopic (exact) mass is 431 g/mol. The van der Waals surface area contributed by atoms with Crippen LogP contribution in [-0.2, 0) is 6.54 Å². The van der Waals surface area contributed by atoms with E-state index in [0.717, 1.165) is 32.6 Å². The maximum absolute atomic E-state index is 11.2. The van der Waals surface area contributed by atoms with E-state index in [4.69, 9.17) is 4.98 Å². The fraction of sp³-hybridized carbons (Fsp3) is 0.130. The minimum Gasteiger partial charge on any atom is -0.478 e. The smallest absolute Gasteiger partial charge is 0.335 e. The summed E-state index contributed by atoms with van der Waals surface area (Å²) in [5.41, 5.74) is 3.14. The third-order valence-electron chi connectivity index (χ3n) is 4.59. The van der Waals surface area contributed by atoms with Crippen molar-refractivity contribution in [2.75, 3.05) is 17.3 Å². The van der Waals surface area contributed by atoms with Gasteiger partial charge in [0.2, 0.25) is 0 Å². The van der Waals surface area contributed by atoms with Crippen molar-refractivity contribution in [2.24, 2.45) is 0 Å². The summed E-state index contributed by atoms with van der Waals surface area (Å²) < 4.78 is 0. The van der Waals surface area contributed by atoms with E-state index < -0.39 is 5.97 Å². The molecule has 0 saturated carbocycles. The second-order valence-electron chi connectivity index (χ2n) is 7.12. The second kappa shape index (κ2) is 8.93. The van der Waals surface area contributed by atoms with Crippen molar-refractivity contribution in [1.82, 2.24) is 15.0 Å². The Balaban J connectivity index is 1.49. The van der Waals surface area contributed by atoms with Crippen LogP contribution in [-0.4, -0.2) is 33.1 Å². The molecule has 3 aromatic heterocycles. The summed E-state index contributed by atoms with van der Waals surface area (Å²) in [4.78, 5) is 27.7. The zero-order valence-corrected chi connectivity index (χ0v) is 17.9. The summed E-state index contributed by atoms with van der Waals surface area (Å²) in [6.45, 7) is 2.58. The molecular weight excluding hydrogens is 410 g/mol. The lowest BCUT2D eigenvalue weighted by Crippen LogP contribution is -2.16. The van der Waals surface area contributed by atoms with Gasteiger partial charge in [-0.1, -0.05) is 29.5 Å². The van der Waals surface area contributed by atoms with Crippen LogP contribution in [0.4, 0.5) is 16.8 Å². The molecule has 0 amide bonds. The number of nitrogens with zero attached hydrogens (tertiary/aromatic N) is 4. The second-order valence-corrected chi connectivity index (χ2v) is 8.13. The van der Waals surface area contributed by atoms with E-state index in [-0.39, 0.29) is 5.56 Å². The molecule has 4 rings (SSSR count). The quantitative estimate of drug-likeness (QED) is 0.426. The van der Waals surface area contributed by atoms with E-state index >= 15 is 0 Å². The lowest BCUT2D eigenvalue weighted by molar-refractivity contribution is 0.0696. The van der Waals surface area contributed by atoms with Crippen molar-refractivity contribution in [3.05, 3.63) is 83.7 Å². The molecule has 0 bridgehead atoms. The number of anilines is 3. The third kappa shape index (κ3) is 5.04. The Bertz CT molecular complexity index is 1220. The van der Waals surface area contributed by atoms with Gasteiger partial charge in [0, 0.05) is 26.0 Å². The van der Waals surface area contributed by atoms with Gasteiger partial charge in [0.05, 0.1) is 16.1 Å². The van der Waals surface area contributed by atoms with Crippen LogP contribution in [0.2, 0.25) is 0 Å². The maximum Gasteiger partial charge on any atom is 0.335 e. The van der Waals surface area contributed by atoms with Gasteiger partial charge in [-0.25, -0.2) is 19.7 Å². The zero-order valence-electron chi connectivity index (χ0n) is 17.1. The van der Waals surface area contributed by atoms with Gasteiger partial charge < -0.3 is 15.3 Å². The Kier molecular flexibility index (Phi) is 5.90. The highest BCUT2D eigenvalue weighted by Crippen LogP contribution is 2.31. The minimum atomic E-state index is -0.929. The number of nitrogens with one attached hydrogen (secondary N) is 1. The number of carboxylic acids is 1. The van der Waals surface area contributed by atoms with Crippen LogP contribution in [0.15, 0.2) is 67.0 Å². The number of carbonyl (C=O) groups is 1. The minimum absolute atomic E-state index is 0.280. The first-order valence-electron chi connectivity index (χ1n) is 9.64. The van der Waals surface area contributed by atoms with E-state index in [2.05, 4.69) is 15.3 Å². The molecule has 0 atom stereocenters. The number of hydrogen-bond donors (Lipinski definition) is 2. The van der Waals surface area contributed by atoms with Crippen LogP contribution in [0.5, 0.6) is 0 Å². The Morgan fingerprint density at radius 2 is 1.94 bits per heavy atom. The van der Waals surface area contributed by atoms with Crippen molar-refractivity contribution < 1.29 is 9.90 Å². The molecule has 0 aliphatic carbocycles. The summed E-state index contributed by atoms with van der Waals surface area (Å²) in [6, 6.07) is 16.6. The van der Waals surface area contributed by atoms with Gasteiger partial charge in [-0.2, -0.15) is 0 Å². The van der Waals surface area contributed by atoms with Crippen LogP contribution >= 0.6 is 11.3 Å². The first-order valence-corrected chi connectivity index (χ1v) is 10.5. The molecule has 31 heavy (non-hydrogen) atoms. The number of aromatic nitrogens is 3. The average molecular weight is 432 g/mol. The van der Waals surface area contributed by atoms with Crippen LogP contribution < -0.4 is 10.2 Å². The maximum atomic E-state index is 11.2. The van der Waals surface area contributed by atoms with Crippen LogP contribution in [0.3, 0.4) is 0 Å². The number of hydrogen-bond acceptors (Lipinski definition) is 7. The summed E-state index contributed by atoms with van der Waals surface area (Å²) in [6.07, 6.45) is 3.57. The summed E-state index contributed by atoms with van der Waals surface area (Å²) in [5.74, 6) is 0.531. The van der Waals surface area contributed by atoms with Crippen molar-refractivity contribution in [3.63, 3.8) is 0 Å². The fourth-order valence-corrected chi connectivity index (χ4v) is 3.93. The molecule has 0 fully saturated rings. The highest BCUT2D eigenvalue weighted by atomic mass is 32.1. The van der Waals surface area contributed by atoms with Gasteiger partial charge in [-0.15, -0.1) is 0 Å². The molecule has 0 spiro atoms. The molecule has 0 radical (unpaired) electrons. The number of carboxylic acid groups (broad SMARTS) is 1. The SMILES string of the molecule is Cc1ccnc(Nc2cccc(-c3cnc(N(C)Cc4cccc(C(=O)O)c4)s3)n2)c1. The normalized spacial score (nSPS) is 10.6. The predicted molar refractivity (Wildman–Crippen MR) is 123 cm³/mol. The van der Waals surface area contributed by atoms with E-state index in [1.807, 2.05) is 55.3 Å². The molecule has 4 aromatic rings. The molecule has 0 aliphatic heterocycles. The summed E-state index contributed by atoms with van der Waals surface area (Å²) >= 11 is 1.53. The molecule has 0 aliphatic rings. The fourth-order valence-electron chi connectivity index (χ4n) is 3.08. The topological polar surface area (TPSA) is 91.2 Å². The number of benzene rings is 1. The summed E-state index contributed by atoms with van der Waals surface area (Å²) in [5, 5.41) is 13.2. The van der Waals surface area contributed by atoms with Crippen molar-refractivity contribution in [3.8, 4) is 10.6 Å². The van der Waals surface area contributed by atoms with Gasteiger partial charge in [0.15, 0.2) is 5.13 Å². The molecule has 8 heteroatoms. The van der Waals surface area contributed by atoms with Gasteiger partial charge in [-0.3, -0.25) is 0 Å². The molecule has 1 aromatic carbocycles. The van der Waals surface area contributed by atoms with Crippen molar-refractivity contribution in [1.29, 1.82) is 0 Å². The van der Waals surface area contributed by atoms with Crippen molar-refractivity contribution in [2.45, 2.75) is 13.5 Å². The summed E-state index contributed by atoms with van der Waals surface area (Å²) in [7, 11) is 1.94. The third-order valence-corrected chi connectivity index (χ3v) is 5.72. The molecule has 0 saturated heterocycles. The van der Waals surface area contributed by atoms with Gasteiger partial charge >= 0.3 is 5.97 Å². The first kappa shape index (κ1) is 20.5. The number of aryl methyl sites for hydroxylation is 1. The molecule has 0 unspecified atom stereocenters. The number of rotatable bonds is 7. The van der Waals surface area contributed by atoms with Crippen molar-refractivity contribution >= 4 is 34.1 Å². The van der Waals surface area contributed by atoms with E-state index in [1.54, 1.807) is 30.6 Å². The Hall–Kier alpha value is -3.78. The Labute approximate surface area is 184 Å². The highest BCUT2D eigenvalue weighted by molar-refractivity contribution is 7.18. The number of pyridine rings is 2. The van der Waals surface area contributed by atoms with Gasteiger partial charge in [0.25, 0.3) is 0 Å². The Morgan fingerprint density at radius 1 is 1.10 bits per heavy atom. The number of aromatic carboxylic acids is 1. The molecule has 156 valence electrons. The van der Waals surface area contributed by atoms with Gasteiger partial charge in [-0.05, 0) is 54.4 Å². The molecular formula is C23H21N5O2S. The van der Waals surface area contributed by atoms with Crippen LogP contribution in [0.25, 0.3) is 10.6 Å². The van der Waals surface area contributed by atoms with E-state index in [1.165, 1.54) is 11.3 Å². The average Bonchev–Trinajstić information content (AvgIpc) is 3.25. The molecule has 3 heterocycles. The van der Waals surface area contributed by atoms with E-state index in [0.29, 0.717) is 12.4 Å². The zero-order chi connectivity index (χ0) is 21.8. The van der Waals surface area contributed by atoms with E-state index in [9.17, 15) is 9.90 Å². The predicted octanol–water partition coefficient (Wildman–Crippen LogP) is 4.99. The number of thiazole rings is 1.